The number of carboxylic acids is 1. The SMILES string of the molecule is CO/N=C1/CN(c2nc3c(cc2F)c(=O)c(C(=O)O)cn3-c2ccc(F)cc2F)CC1CN. The van der Waals surface area contributed by atoms with Crippen molar-refractivity contribution in [2.24, 2.45) is 16.8 Å². The number of nitrogens with zero attached hydrogens (tertiary/aromatic N) is 4. The van der Waals surface area contributed by atoms with Crippen LogP contribution in [0, 0.1) is 23.4 Å². The van der Waals surface area contributed by atoms with Crippen LogP contribution in [0.4, 0.5) is 19.0 Å². The molecule has 0 radical (unpaired) electrons. The molecule has 0 aliphatic carbocycles. The van der Waals surface area contributed by atoms with Crippen molar-refractivity contribution >= 4 is 28.5 Å². The lowest BCUT2D eigenvalue weighted by molar-refractivity contribution is 0.0695. The van der Waals surface area contributed by atoms with Crippen molar-refractivity contribution in [2.45, 2.75) is 0 Å². The largest absolute Gasteiger partial charge is 0.477 e. The molecule has 1 aliphatic rings. The summed E-state index contributed by atoms with van der Waals surface area (Å²) in [5.41, 5.74) is 4.16. The normalized spacial score (nSPS) is 17.2. The van der Waals surface area contributed by atoms with Crippen molar-refractivity contribution in [1.29, 1.82) is 0 Å². The summed E-state index contributed by atoms with van der Waals surface area (Å²) in [6.07, 6.45) is 0.877. The van der Waals surface area contributed by atoms with Gasteiger partial charge in [-0.25, -0.2) is 22.9 Å². The van der Waals surface area contributed by atoms with E-state index in [4.69, 9.17) is 10.6 Å². The minimum atomic E-state index is -1.59. The van der Waals surface area contributed by atoms with Crippen LogP contribution >= 0.6 is 0 Å². The van der Waals surface area contributed by atoms with E-state index in [1.165, 1.54) is 12.0 Å². The molecular formula is C21H18F3N5O4. The maximum atomic E-state index is 15.1. The van der Waals surface area contributed by atoms with Gasteiger partial charge in [-0.3, -0.25) is 9.36 Å². The number of nitrogens with two attached hydrogens (primary N) is 1. The molecule has 1 aliphatic heterocycles. The maximum Gasteiger partial charge on any atom is 0.341 e. The van der Waals surface area contributed by atoms with Gasteiger partial charge in [-0.1, -0.05) is 5.16 Å². The van der Waals surface area contributed by atoms with Crippen molar-refractivity contribution in [1.82, 2.24) is 9.55 Å². The topological polar surface area (TPSA) is 123 Å². The summed E-state index contributed by atoms with van der Waals surface area (Å²) < 4.78 is 44.1. The molecule has 0 bridgehead atoms. The highest BCUT2D eigenvalue weighted by Gasteiger charge is 2.32. The minimum Gasteiger partial charge on any atom is -0.477 e. The summed E-state index contributed by atoms with van der Waals surface area (Å²) in [6, 6.07) is 3.48. The van der Waals surface area contributed by atoms with Crippen LogP contribution in [0.1, 0.15) is 10.4 Å². The van der Waals surface area contributed by atoms with Gasteiger partial charge in [-0.05, 0) is 18.2 Å². The minimum absolute atomic E-state index is 0.146. The molecule has 1 saturated heterocycles. The zero-order valence-corrected chi connectivity index (χ0v) is 17.3. The van der Waals surface area contributed by atoms with Gasteiger partial charge in [0.05, 0.1) is 23.3 Å². The number of fused-ring (bicyclic) bond motifs is 1. The molecule has 1 fully saturated rings. The van der Waals surface area contributed by atoms with E-state index in [2.05, 4.69) is 10.1 Å². The smallest absolute Gasteiger partial charge is 0.341 e. The first-order chi connectivity index (χ1) is 15.7. The molecule has 1 unspecified atom stereocenters. The first kappa shape index (κ1) is 22.3. The van der Waals surface area contributed by atoms with E-state index in [9.17, 15) is 23.5 Å². The molecule has 1 atom stereocenters. The third-order valence-electron chi connectivity index (χ3n) is 5.37. The number of oxime groups is 1. The summed E-state index contributed by atoms with van der Waals surface area (Å²) in [5.74, 6) is -4.75. The van der Waals surface area contributed by atoms with E-state index in [-0.39, 0.29) is 48.1 Å². The quantitative estimate of drug-likeness (QED) is 0.557. The molecule has 3 aromatic rings. The number of rotatable bonds is 5. The zero-order valence-electron chi connectivity index (χ0n) is 17.3. The summed E-state index contributed by atoms with van der Waals surface area (Å²) in [5, 5.41) is 13.0. The Hall–Kier alpha value is -3.93. The number of aromatic carboxylic acids is 1. The lowest BCUT2D eigenvalue weighted by Crippen LogP contribution is -2.26. The number of aromatic nitrogens is 2. The Bertz CT molecular complexity index is 1360. The highest BCUT2D eigenvalue weighted by molar-refractivity contribution is 5.95. The molecule has 12 heteroatoms. The zero-order chi connectivity index (χ0) is 23.9. The predicted octanol–water partition coefficient (Wildman–Crippen LogP) is 1.90. The van der Waals surface area contributed by atoms with Crippen LogP contribution in [-0.2, 0) is 4.84 Å². The molecule has 0 spiro atoms. The molecule has 33 heavy (non-hydrogen) atoms. The second-order valence-corrected chi connectivity index (χ2v) is 7.39. The molecule has 3 heterocycles. The fourth-order valence-corrected chi connectivity index (χ4v) is 3.80. The van der Waals surface area contributed by atoms with E-state index in [1.807, 2.05) is 0 Å². The number of pyridine rings is 2. The first-order valence-electron chi connectivity index (χ1n) is 9.74. The number of anilines is 1. The molecule has 172 valence electrons. The third-order valence-corrected chi connectivity index (χ3v) is 5.37. The van der Waals surface area contributed by atoms with Gasteiger partial charge in [-0.15, -0.1) is 0 Å². The van der Waals surface area contributed by atoms with Gasteiger partial charge < -0.3 is 20.6 Å². The summed E-state index contributed by atoms with van der Waals surface area (Å²) in [6.45, 7) is 0.630. The Morgan fingerprint density at radius 3 is 2.70 bits per heavy atom. The fraction of sp³-hybridized carbons (Fsp3) is 0.238. The molecule has 3 N–H and O–H groups in total. The number of carboxylic acid groups (broad SMARTS) is 1. The predicted molar refractivity (Wildman–Crippen MR) is 113 cm³/mol. The Kier molecular flexibility index (Phi) is 5.77. The Morgan fingerprint density at radius 2 is 2.06 bits per heavy atom. The number of halogens is 3. The van der Waals surface area contributed by atoms with Crippen LogP contribution in [0.15, 0.2) is 40.4 Å². The summed E-state index contributed by atoms with van der Waals surface area (Å²) in [7, 11) is 1.37. The van der Waals surface area contributed by atoms with Gasteiger partial charge in [0.1, 0.15) is 24.3 Å². The maximum absolute atomic E-state index is 15.1. The van der Waals surface area contributed by atoms with Crippen LogP contribution in [0.2, 0.25) is 0 Å². The third kappa shape index (κ3) is 3.89. The second-order valence-electron chi connectivity index (χ2n) is 7.39. The van der Waals surface area contributed by atoms with Crippen molar-refractivity contribution < 1.29 is 27.9 Å². The molecule has 4 rings (SSSR count). The van der Waals surface area contributed by atoms with Gasteiger partial charge in [-0.2, -0.15) is 0 Å². The Labute approximate surface area is 184 Å². The standard InChI is InChI=1S/C21H18F3N5O4/c1-33-27-16-9-28(7-10(16)6-25)20-15(24)5-12-18(30)13(21(31)32)8-29(19(12)26-20)17-3-2-11(22)4-14(17)23/h2-5,8,10H,6-7,9,25H2,1H3,(H,31,32)/b27-16-. The van der Waals surface area contributed by atoms with Gasteiger partial charge >= 0.3 is 5.97 Å². The Morgan fingerprint density at radius 1 is 1.30 bits per heavy atom. The second kappa shape index (κ2) is 8.54. The van der Waals surface area contributed by atoms with E-state index < -0.39 is 34.4 Å². The van der Waals surface area contributed by atoms with Crippen LogP contribution in [0.5, 0.6) is 0 Å². The molecular weight excluding hydrogens is 443 g/mol. The number of hydrogen-bond acceptors (Lipinski definition) is 7. The van der Waals surface area contributed by atoms with Crippen molar-refractivity contribution in [3.8, 4) is 5.69 Å². The summed E-state index contributed by atoms with van der Waals surface area (Å²) in [4.78, 5) is 34.9. The fourth-order valence-electron chi connectivity index (χ4n) is 3.80. The van der Waals surface area contributed by atoms with Gasteiger partial charge in [0.2, 0.25) is 5.43 Å². The van der Waals surface area contributed by atoms with Gasteiger partial charge in [0.15, 0.2) is 17.3 Å². The van der Waals surface area contributed by atoms with Crippen LogP contribution in [-0.4, -0.2) is 53.1 Å². The average Bonchev–Trinajstić information content (AvgIpc) is 3.17. The molecule has 0 saturated carbocycles. The van der Waals surface area contributed by atoms with E-state index in [0.29, 0.717) is 11.8 Å². The van der Waals surface area contributed by atoms with E-state index >= 15 is 4.39 Å². The van der Waals surface area contributed by atoms with Crippen molar-refractivity contribution in [3.05, 3.63) is 63.7 Å². The van der Waals surface area contributed by atoms with Crippen LogP contribution < -0.4 is 16.1 Å². The molecule has 1 aromatic carbocycles. The first-order valence-corrected chi connectivity index (χ1v) is 9.74. The highest BCUT2D eigenvalue weighted by atomic mass is 19.1. The summed E-state index contributed by atoms with van der Waals surface area (Å²) >= 11 is 0. The number of carbonyl (C=O) groups is 1. The molecule has 2 aromatic heterocycles. The monoisotopic (exact) mass is 461 g/mol. The lowest BCUT2D eigenvalue weighted by atomic mass is 10.1. The highest BCUT2D eigenvalue weighted by Crippen LogP contribution is 2.28. The molecule has 0 amide bonds. The molecule has 9 nitrogen and oxygen atoms in total. The van der Waals surface area contributed by atoms with Gasteiger partial charge in [0, 0.05) is 31.3 Å². The van der Waals surface area contributed by atoms with Crippen LogP contribution in [0.25, 0.3) is 16.7 Å². The Balaban J connectivity index is 1.97. The van der Waals surface area contributed by atoms with Crippen LogP contribution in [0.3, 0.4) is 0 Å². The van der Waals surface area contributed by atoms with Crippen molar-refractivity contribution in [3.63, 3.8) is 0 Å². The number of hydrogen-bond donors (Lipinski definition) is 2. The van der Waals surface area contributed by atoms with Crippen molar-refractivity contribution in [2.75, 3.05) is 31.6 Å². The van der Waals surface area contributed by atoms with Gasteiger partial charge in [0.25, 0.3) is 0 Å². The lowest BCUT2D eigenvalue weighted by Gasteiger charge is -2.19. The number of benzene rings is 1. The van der Waals surface area contributed by atoms with E-state index in [0.717, 1.165) is 29.0 Å². The average molecular weight is 461 g/mol. The van der Waals surface area contributed by atoms with E-state index in [1.54, 1.807) is 0 Å².